The van der Waals surface area contributed by atoms with E-state index in [1.807, 2.05) is 23.9 Å². The highest BCUT2D eigenvalue weighted by Crippen LogP contribution is 2.11. The van der Waals surface area contributed by atoms with E-state index < -0.39 is 5.97 Å². The standard InChI is InChI=1S/C15H23FN2O3/c1-17(2)9-10-18(12-15(19)20)8-3-11-21-14-6-4-13(16)5-7-14/h4-7H,3,8-12H2,1-2H3,(H,19,20). The molecule has 0 aliphatic heterocycles. The minimum atomic E-state index is -0.826. The highest BCUT2D eigenvalue weighted by atomic mass is 19.1. The van der Waals surface area contributed by atoms with Crippen molar-refractivity contribution in [2.24, 2.45) is 0 Å². The van der Waals surface area contributed by atoms with Crippen molar-refractivity contribution in [3.05, 3.63) is 30.1 Å². The average Bonchev–Trinajstić information content (AvgIpc) is 2.42. The van der Waals surface area contributed by atoms with Crippen molar-refractivity contribution in [3.8, 4) is 5.75 Å². The third-order valence-corrected chi connectivity index (χ3v) is 2.92. The number of nitrogens with zero attached hydrogens (tertiary/aromatic N) is 2. The Morgan fingerprint density at radius 3 is 2.43 bits per heavy atom. The van der Waals surface area contributed by atoms with Crippen LogP contribution in [0.25, 0.3) is 0 Å². The van der Waals surface area contributed by atoms with Gasteiger partial charge in [-0.2, -0.15) is 0 Å². The van der Waals surface area contributed by atoms with E-state index in [-0.39, 0.29) is 12.4 Å². The molecular weight excluding hydrogens is 275 g/mol. The second-order valence-corrected chi connectivity index (χ2v) is 5.13. The van der Waals surface area contributed by atoms with Gasteiger partial charge in [-0.3, -0.25) is 9.69 Å². The van der Waals surface area contributed by atoms with E-state index in [1.165, 1.54) is 12.1 Å². The van der Waals surface area contributed by atoms with Gasteiger partial charge in [-0.15, -0.1) is 0 Å². The van der Waals surface area contributed by atoms with Crippen molar-refractivity contribution in [2.75, 3.05) is 46.9 Å². The predicted molar refractivity (Wildman–Crippen MR) is 79.1 cm³/mol. The molecule has 1 aromatic carbocycles. The number of carboxylic acid groups (broad SMARTS) is 1. The summed E-state index contributed by atoms with van der Waals surface area (Å²) in [5.74, 6) is -0.499. The molecule has 0 atom stereocenters. The highest BCUT2D eigenvalue weighted by Gasteiger charge is 2.09. The van der Waals surface area contributed by atoms with Crippen molar-refractivity contribution in [2.45, 2.75) is 6.42 Å². The minimum Gasteiger partial charge on any atom is -0.494 e. The van der Waals surface area contributed by atoms with Crippen LogP contribution in [0.5, 0.6) is 5.75 Å². The first kappa shape index (κ1) is 17.4. The van der Waals surface area contributed by atoms with Crippen LogP contribution in [0.1, 0.15) is 6.42 Å². The summed E-state index contributed by atoms with van der Waals surface area (Å²) in [5.41, 5.74) is 0. The molecule has 21 heavy (non-hydrogen) atoms. The maximum Gasteiger partial charge on any atom is 0.317 e. The molecule has 118 valence electrons. The SMILES string of the molecule is CN(C)CCN(CCCOc1ccc(F)cc1)CC(=O)O. The molecule has 0 fully saturated rings. The van der Waals surface area contributed by atoms with Gasteiger partial charge < -0.3 is 14.7 Å². The molecule has 5 nitrogen and oxygen atoms in total. The lowest BCUT2D eigenvalue weighted by Crippen LogP contribution is -2.36. The molecule has 1 N–H and O–H groups in total. The molecule has 1 aromatic rings. The summed E-state index contributed by atoms with van der Waals surface area (Å²) in [6, 6.07) is 5.86. The van der Waals surface area contributed by atoms with Crippen LogP contribution in [0.3, 0.4) is 0 Å². The smallest absolute Gasteiger partial charge is 0.317 e. The molecule has 0 saturated heterocycles. The molecule has 0 aliphatic rings. The number of halogens is 1. The van der Waals surface area contributed by atoms with Crippen LogP contribution in [0.4, 0.5) is 4.39 Å². The largest absolute Gasteiger partial charge is 0.494 e. The summed E-state index contributed by atoms with van der Waals surface area (Å²) in [6.07, 6.45) is 0.720. The van der Waals surface area contributed by atoms with Crippen LogP contribution in [-0.4, -0.2) is 67.8 Å². The van der Waals surface area contributed by atoms with Crippen molar-refractivity contribution in [1.29, 1.82) is 0 Å². The topological polar surface area (TPSA) is 53.0 Å². The lowest BCUT2D eigenvalue weighted by molar-refractivity contribution is -0.138. The normalized spacial score (nSPS) is 11.1. The molecule has 6 heteroatoms. The Labute approximate surface area is 124 Å². The average molecular weight is 298 g/mol. The van der Waals surface area contributed by atoms with Crippen LogP contribution >= 0.6 is 0 Å². The molecule has 0 spiro atoms. The monoisotopic (exact) mass is 298 g/mol. The zero-order valence-corrected chi connectivity index (χ0v) is 12.6. The van der Waals surface area contributed by atoms with Gasteiger partial charge in [-0.1, -0.05) is 0 Å². The molecule has 0 bridgehead atoms. The third-order valence-electron chi connectivity index (χ3n) is 2.92. The van der Waals surface area contributed by atoms with E-state index in [4.69, 9.17) is 9.84 Å². The summed E-state index contributed by atoms with van der Waals surface area (Å²) in [5, 5.41) is 8.89. The Kier molecular flexibility index (Phi) is 7.71. The van der Waals surface area contributed by atoms with E-state index in [0.717, 1.165) is 13.0 Å². The van der Waals surface area contributed by atoms with Gasteiger partial charge in [0.05, 0.1) is 13.2 Å². The van der Waals surface area contributed by atoms with Crippen molar-refractivity contribution in [3.63, 3.8) is 0 Å². The summed E-state index contributed by atoms with van der Waals surface area (Å²) < 4.78 is 18.2. The van der Waals surface area contributed by atoms with Crippen LogP contribution in [0, 0.1) is 5.82 Å². The number of carboxylic acids is 1. The first-order chi connectivity index (χ1) is 9.97. The Hall–Kier alpha value is -1.66. The van der Waals surface area contributed by atoms with Crippen LogP contribution < -0.4 is 4.74 Å². The first-order valence-corrected chi connectivity index (χ1v) is 6.94. The summed E-state index contributed by atoms with van der Waals surface area (Å²) in [6.45, 7) is 2.68. The summed E-state index contributed by atoms with van der Waals surface area (Å²) in [7, 11) is 3.91. The number of hydrogen-bond acceptors (Lipinski definition) is 4. The van der Waals surface area contributed by atoms with E-state index >= 15 is 0 Å². The maximum atomic E-state index is 12.7. The van der Waals surface area contributed by atoms with Crippen LogP contribution in [0.15, 0.2) is 24.3 Å². The lowest BCUT2D eigenvalue weighted by atomic mass is 10.3. The van der Waals surface area contributed by atoms with E-state index in [1.54, 1.807) is 12.1 Å². The zero-order chi connectivity index (χ0) is 15.7. The molecule has 0 radical (unpaired) electrons. The Balaban J connectivity index is 2.28. The molecular formula is C15H23FN2O3. The number of aliphatic carboxylic acids is 1. The fraction of sp³-hybridized carbons (Fsp3) is 0.533. The Bertz CT molecular complexity index is 423. The number of carbonyl (C=O) groups is 1. The quantitative estimate of drug-likeness (QED) is 0.664. The van der Waals surface area contributed by atoms with Crippen LogP contribution in [0.2, 0.25) is 0 Å². The van der Waals surface area contributed by atoms with E-state index in [0.29, 0.717) is 25.4 Å². The highest BCUT2D eigenvalue weighted by molar-refractivity contribution is 5.69. The van der Waals surface area contributed by atoms with Gasteiger partial charge in [-0.25, -0.2) is 4.39 Å². The van der Waals surface area contributed by atoms with Gasteiger partial charge in [0, 0.05) is 19.6 Å². The molecule has 0 amide bonds. The second kappa shape index (κ2) is 9.31. The molecule has 0 aromatic heterocycles. The number of likely N-dealkylation sites (N-methyl/N-ethyl adjacent to an activating group) is 1. The fourth-order valence-corrected chi connectivity index (χ4v) is 1.81. The minimum absolute atomic E-state index is 0.0321. The third kappa shape index (κ3) is 8.27. The van der Waals surface area contributed by atoms with Gasteiger partial charge >= 0.3 is 5.97 Å². The lowest BCUT2D eigenvalue weighted by Gasteiger charge is -2.22. The molecule has 0 heterocycles. The number of hydrogen-bond donors (Lipinski definition) is 1. The maximum absolute atomic E-state index is 12.7. The van der Waals surface area contributed by atoms with Crippen molar-refractivity contribution in [1.82, 2.24) is 9.80 Å². The van der Waals surface area contributed by atoms with Crippen molar-refractivity contribution < 1.29 is 19.0 Å². The first-order valence-electron chi connectivity index (χ1n) is 6.94. The van der Waals surface area contributed by atoms with E-state index in [9.17, 15) is 9.18 Å². The van der Waals surface area contributed by atoms with Crippen molar-refractivity contribution >= 4 is 5.97 Å². The molecule has 0 saturated carbocycles. The Morgan fingerprint density at radius 2 is 1.86 bits per heavy atom. The van der Waals surface area contributed by atoms with E-state index in [2.05, 4.69) is 0 Å². The van der Waals surface area contributed by atoms with Gasteiger partial charge in [-0.05, 0) is 44.8 Å². The second-order valence-electron chi connectivity index (χ2n) is 5.13. The number of rotatable bonds is 10. The van der Waals surface area contributed by atoms with Crippen LogP contribution in [-0.2, 0) is 4.79 Å². The van der Waals surface area contributed by atoms with Gasteiger partial charge in [0.25, 0.3) is 0 Å². The number of ether oxygens (including phenoxy) is 1. The zero-order valence-electron chi connectivity index (χ0n) is 12.6. The Morgan fingerprint density at radius 1 is 1.19 bits per heavy atom. The molecule has 0 aliphatic carbocycles. The molecule has 0 unspecified atom stereocenters. The molecule has 1 rings (SSSR count). The fourth-order valence-electron chi connectivity index (χ4n) is 1.81. The van der Waals surface area contributed by atoms with Gasteiger partial charge in [0.1, 0.15) is 11.6 Å². The number of benzene rings is 1. The van der Waals surface area contributed by atoms with Gasteiger partial charge in [0.2, 0.25) is 0 Å². The van der Waals surface area contributed by atoms with Gasteiger partial charge in [0.15, 0.2) is 0 Å². The predicted octanol–water partition coefficient (Wildman–Crippen LogP) is 1.54. The summed E-state index contributed by atoms with van der Waals surface area (Å²) >= 11 is 0. The summed E-state index contributed by atoms with van der Waals surface area (Å²) in [4.78, 5) is 14.7.